The van der Waals surface area contributed by atoms with Crippen LogP contribution in [0.4, 0.5) is 17.1 Å². The third-order valence-electron chi connectivity index (χ3n) is 17.3. The summed E-state index contributed by atoms with van der Waals surface area (Å²) < 4.78 is 5.00. The molecule has 4 heteroatoms. The molecule has 2 aliphatic rings. The number of hydrogen-bond acceptors (Lipinski definition) is 2. The summed E-state index contributed by atoms with van der Waals surface area (Å²) in [5.41, 5.74) is 20.1. The van der Waals surface area contributed by atoms with E-state index in [4.69, 9.17) is 4.98 Å². The van der Waals surface area contributed by atoms with Crippen LogP contribution in [0.5, 0.6) is 0 Å². The summed E-state index contributed by atoms with van der Waals surface area (Å²) in [6.07, 6.45) is 4.15. The van der Waals surface area contributed by atoms with Gasteiger partial charge in [0.05, 0.1) is 39.6 Å². The Bertz CT molecular complexity index is 4760. The zero-order valence-corrected chi connectivity index (χ0v) is 42.2. The maximum atomic E-state index is 5.08. The second-order valence-corrected chi connectivity index (χ2v) is 21.9. The van der Waals surface area contributed by atoms with Crippen molar-refractivity contribution >= 4 is 93.0 Å². The van der Waals surface area contributed by atoms with E-state index in [9.17, 15) is 0 Å². The van der Waals surface area contributed by atoms with E-state index in [2.05, 4.69) is 266 Å². The van der Waals surface area contributed by atoms with Crippen molar-refractivity contribution in [2.45, 2.75) is 38.5 Å². The van der Waals surface area contributed by atoms with E-state index in [0.717, 1.165) is 33.7 Å². The third kappa shape index (κ3) is 5.63. The lowest BCUT2D eigenvalue weighted by atomic mass is 9.73. The Labute approximate surface area is 435 Å². The van der Waals surface area contributed by atoms with E-state index < -0.39 is 0 Å². The Morgan fingerprint density at radius 1 is 0.320 bits per heavy atom. The summed E-state index contributed by atoms with van der Waals surface area (Å²) in [7, 11) is 0. The van der Waals surface area contributed by atoms with E-state index in [-0.39, 0.29) is 10.8 Å². The lowest BCUT2D eigenvalue weighted by molar-refractivity contribution is 0.631. The van der Waals surface area contributed by atoms with Crippen LogP contribution in [-0.2, 0) is 10.8 Å². The number of nitrogens with zero attached hydrogens (tertiary/aromatic N) is 4. The molecule has 0 radical (unpaired) electrons. The molecule has 1 aliphatic heterocycles. The van der Waals surface area contributed by atoms with Gasteiger partial charge in [-0.3, -0.25) is 4.98 Å². The molecule has 0 amide bonds. The second-order valence-electron chi connectivity index (χ2n) is 21.9. The smallest absolute Gasteiger partial charge is 0.0730 e. The molecule has 75 heavy (non-hydrogen) atoms. The highest BCUT2D eigenvalue weighted by atomic mass is 15.2. The van der Waals surface area contributed by atoms with Crippen molar-refractivity contribution in [3.63, 3.8) is 0 Å². The van der Waals surface area contributed by atoms with Crippen molar-refractivity contribution in [3.8, 4) is 33.6 Å². The number of aromatic nitrogens is 3. The van der Waals surface area contributed by atoms with Gasteiger partial charge in [0.25, 0.3) is 0 Å². The maximum Gasteiger partial charge on any atom is 0.0730 e. The van der Waals surface area contributed by atoms with Crippen LogP contribution in [0.1, 0.15) is 49.9 Å². The third-order valence-corrected chi connectivity index (χ3v) is 17.3. The minimum Gasteiger partial charge on any atom is -0.310 e. The second kappa shape index (κ2) is 15.2. The maximum absolute atomic E-state index is 5.08. The van der Waals surface area contributed by atoms with Crippen LogP contribution >= 0.6 is 0 Å². The first-order chi connectivity index (χ1) is 36.8. The van der Waals surface area contributed by atoms with Crippen LogP contribution < -0.4 is 4.90 Å². The summed E-state index contributed by atoms with van der Waals surface area (Å²) in [5.74, 6) is 0. The quantitative estimate of drug-likeness (QED) is 0.164. The Morgan fingerprint density at radius 2 is 0.920 bits per heavy atom. The molecule has 4 heterocycles. The molecule has 11 aromatic carbocycles. The van der Waals surface area contributed by atoms with Crippen LogP contribution in [-0.4, -0.2) is 14.1 Å². The number of pyridine rings is 1. The molecule has 0 saturated heterocycles. The Hall–Kier alpha value is -9.25. The fourth-order valence-corrected chi connectivity index (χ4v) is 14.0. The number of benzene rings is 11. The Kier molecular flexibility index (Phi) is 8.55. The average molecular weight is 959 g/mol. The van der Waals surface area contributed by atoms with Gasteiger partial charge in [-0.25, -0.2) is 0 Å². The van der Waals surface area contributed by atoms with Gasteiger partial charge in [-0.05, 0) is 144 Å². The minimum absolute atomic E-state index is 0.297. The molecule has 0 bridgehead atoms. The summed E-state index contributed by atoms with van der Waals surface area (Å²) in [6.45, 7) is 9.72. The van der Waals surface area contributed by atoms with Gasteiger partial charge in [0.15, 0.2) is 0 Å². The standard InChI is InChI=1S/C71H50N4/c1-70(2)58-30-16-18-32-62(58)74(44-22-9-6-10-23-44)63-37-34-45(38-60(63)70)75-64-33-19-29-50(57-41-72-42-65-67(57)52-28-15-17-31-61(52)73(65)43-20-7-5-8-21-43)66(64)53-36-35-51-56-39-54-48-26-13-11-24-46(48)47-25-12-14-27-49(47)55(54)40-59(56)71(3,4)68(51)69(53)75/h5-42H,1-4H3. The van der Waals surface area contributed by atoms with Crippen LogP contribution in [0.2, 0.25) is 0 Å². The fourth-order valence-electron chi connectivity index (χ4n) is 14.0. The first kappa shape index (κ1) is 42.3. The molecule has 4 nitrogen and oxygen atoms in total. The van der Waals surface area contributed by atoms with Gasteiger partial charge < -0.3 is 14.0 Å². The molecule has 0 N–H and O–H groups in total. The van der Waals surface area contributed by atoms with Gasteiger partial charge in [-0.15, -0.1) is 0 Å². The highest BCUT2D eigenvalue weighted by Gasteiger charge is 2.41. The molecular formula is C71H50N4. The van der Waals surface area contributed by atoms with Crippen LogP contribution in [0.3, 0.4) is 0 Å². The first-order valence-electron chi connectivity index (χ1n) is 26.3. The van der Waals surface area contributed by atoms with E-state index in [1.807, 2.05) is 6.20 Å². The van der Waals surface area contributed by atoms with Crippen molar-refractivity contribution in [1.82, 2.24) is 14.1 Å². The molecule has 1 aliphatic carbocycles. The molecule has 0 fully saturated rings. The predicted molar refractivity (Wildman–Crippen MR) is 315 cm³/mol. The monoisotopic (exact) mass is 958 g/mol. The summed E-state index contributed by atoms with van der Waals surface area (Å²) >= 11 is 0. The molecule has 3 aromatic heterocycles. The van der Waals surface area contributed by atoms with Gasteiger partial charge in [0.2, 0.25) is 0 Å². The lowest BCUT2D eigenvalue weighted by Crippen LogP contribution is -2.30. The van der Waals surface area contributed by atoms with Gasteiger partial charge >= 0.3 is 0 Å². The molecular weight excluding hydrogens is 909 g/mol. The van der Waals surface area contributed by atoms with Crippen molar-refractivity contribution < 1.29 is 0 Å². The number of fused-ring (bicyclic) bond motifs is 18. The van der Waals surface area contributed by atoms with Crippen molar-refractivity contribution in [2.24, 2.45) is 0 Å². The number of anilines is 3. The van der Waals surface area contributed by atoms with Gasteiger partial charge in [0.1, 0.15) is 0 Å². The van der Waals surface area contributed by atoms with E-state index in [1.165, 1.54) is 115 Å². The topological polar surface area (TPSA) is 26.0 Å². The average Bonchev–Trinajstić information content (AvgIpc) is 4.20. The SMILES string of the molecule is CC1(C)c2ccccc2N(c2ccccc2)c2ccc(-n3c4cccc(-c5cncc6c5c5ccccc5n6-c5ccccc5)c4c4ccc5c(c43)C(C)(C)c3cc4c6ccccc6c6ccccc6c4cc3-5)cc21. The van der Waals surface area contributed by atoms with Gasteiger partial charge in [0, 0.05) is 61.2 Å². The molecule has 0 unspecified atom stereocenters. The molecule has 14 aromatic rings. The molecule has 0 atom stereocenters. The largest absolute Gasteiger partial charge is 0.310 e. The molecule has 354 valence electrons. The zero-order chi connectivity index (χ0) is 49.9. The lowest BCUT2D eigenvalue weighted by Gasteiger charge is -2.42. The molecule has 0 spiro atoms. The van der Waals surface area contributed by atoms with Crippen molar-refractivity contribution in [1.29, 1.82) is 0 Å². The van der Waals surface area contributed by atoms with Crippen LogP contribution in [0.25, 0.3) is 110 Å². The summed E-state index contributed by atoms with van der Waals surface area (Å²) in [6, 6.07) is 81.4. The minimum atomic E-state index is -0.362. The summed E-state index contributed by atoms with van der Waals surface area (Å²) in [4.78, 5) is 7.54. The van der Waals surface area contributed by atoms with Crippen LogP contribution in [0.15, 0.2) is 231 Å². The van der Waals surface area contributed by atoms with Crippen molar-refractivity contribution in [2.75, 3.05) is 4.90 Å². The van der Waals surface area contributed by atoms with E-state index in [0.29, 0.717) is 0 Å². The highest BCUT2D eigenvalue weighted by Crippen LogP contribution is 2.57. The predicted octanol–water partition coefficient (Wildman–Crippen LogP) is 18.8. The first-order valence-corrected chi connectivity index (χ1v) is 26.3. The van der Waals surface area contributed by atoms with Gasteiger partial charge in [-0.1, -0.05) is 173 Å². The number of rotatable bonds is 4. The normalized spacial score (nSPS) is 14.3. The number of para-hydroxylation sites is 4. The zero-order valence-electron chi connectivity index (χ0n) is 42.2. The summed E-state index contributed by atoms with van der Waals surface area (Å²) in [5, 5.41) is 12.6. The molecule has 16 rings (SSSR count). The van der Waals surface area contributed by atoms with Gasteiger partial charge in [-0.2, -0.15) is 0 Å². The number of hydrogen-bond donors (Lipinski definition) is 0. The van der Waals surface area contributed by atoms with E-state index in [1.54, 1.807) is 0 Å². The Morgan fingerprint density at radius 3 is 1.67 bits per heavy atom. The van der Waals surface area contributed by atoms with Crippen LogP contribution in [0, 0.1) is 0 Å². The Balaban J connectivity index is 1.02. The van der Waals surface area contributed by atoms with E-state index >= 15 is 0 Å². The fraction of sp³-hybridized carbons (Fsp3) is 0.0845. The molecule has 0 saturated carbocycles. The highest BCUT2D eigenvalue weighted by molar-refractivity contribution is 6.27. The van der Waals surface area contributed by atoms with Crippen molar-refractivity contribution in [3.05, 3.63) is 253 Å².